The number of aryl methyl sites for hydroxylation is 1. The van der Waals surface area contributed by atoms with Crippen LogP contribution in [0.1, 0.15) is 15.9 Å². The zero-order valence-electron chi connectivity index (χ0n) is 15.6. The fourth-order valence-electron chi connectivity index (χ4n) is 2.55. The van der Waals surface area contributed by atoms with Crippen molar-refractivity contribution in [2.75, 3.05) is 10.6 Å². The predicted octanol–water partition coefficient (Wildman–Crippen LogP) is 3.24. The van der Waals surface area contributed by atoms with Gasteiger partial charge in [0.25, 0.3) is 0 Å². The number of rotatable bonds is 7. The molecule has 154 valence electrons. The Bertz CT molecular complexity index is 1230. The van der Waals surface area contributed by atoms with Crippen molar-refractivity contribution in [2.24, 2.45) is 5.14 Å². The van der Waals surface area contributed by atoms with Gasteiger partial charge in [0.15, 0.2) is 17.4 Å². The first kappa shape index (κ1) is 21.4. The molecule has 2 aromatic carbocycles. The number of aromatic nitrogens is 2. The Morgan fingerprint density at radius 2 is 1.80 bits per heavy atom. The zero-order chi connectivity index (χ0) is 21.9. The molecule has 3 rings (SSSR count). The molecular weight excluding hydrogens is 429 g/mol. The minimum atomic E-state index is -3.90. The molecule has 0 atom stereocenters. The standard InChI is InChI=1S/C19H16FN5O3S2/c1-11-2-5-14(8-17(11)30(21,27)28)24-19-22-9-15(20)18(25-19)23-13-6-3-12(4-7-13)16(26)10-29/h2-10H,1H3,(H2,21,27,28)(H2,22,23,24,25). The number of Topliss-reactive ketones (excluding diaryl/α,β-unsaturated/α-hetero) is 1. The van der Waals surface area contributed by atoms with E-state index in [1.807, 2.05) is 0 Å². The van der Waals surface area contributed by atoms with Crippen LogP contribution in [0.25, 0.3) is 0 Å². The fraction of sp³-hybridized carbons (Fsp3) is 0.0526. The molecular formula is C19H16FN5O3S2. The fourth-order valence-corrected chi connectivity index (χ4v) is 3.50. The molecule has 0 spiro atoms. The predicted molar refractivity (Wildman–Crippen MR) is 116 cm³/mol. The van der Waals surface area contributed by atoms with Crippen LogP contribution >= 0.6 is 12.2 Å². The molecule has 0 unspecified atom stereocenters. The van der Waals surface area contributed by atoms with Gasteiger partial charge < -0.3 is 10.6 Å². The Morgan fingerprint density at radius 1 is 1.13 bits per heavy atom. The van der Waals surface area contributed by atoms with Crippen LogP contribution in [0, 0.1) is 12.7 Å². The molecule has 0 aliphatic heterocycles. The maximum absolute atomic E-state index is 14.1. The van der Waals surface area contributed by atoms with Gasteiger partial charge in [0.2, 0.25) is 16.0 Å². The molecule has 3 aromatic rings. The van der Waals surface area contributed by atoms with Crippen LogP contribution in [0.3, 0.4) is 0 Å². The number of nitrogens with one attached hydrogen (secondary N) is 2. The van der Waals surface area contributed by atoms with E-state index in [0.717, 1.165) is 11.6 Å². The van der Waals surface area contributed by atoms with Crippen molar-refractivity contribution in [3.8, 4) is 0 Å². The molecule has 11 heteroatoms. The second-order valence-electron chi connectivity index (χ2n) is 6.22. The lowest BCUT2D eigenvalue weighted by molar-refractivity contribution is 0.107. The number of ketones is 1. The second-order valence-corrected chi connectivity index (χ2v) is 7.99. The summed E-state index contributed by atoms with van der Waals surface area (Å²) in [6, 6.07) is 10.8. The minimum absolute atomic E-state index is 0.0376. The maximum atomic E-state index is 14.1. The number of nitrogens with two attached hydrogens (primary N) is 1. The summed E-state index contributed by atoms with van der Waals surface area (Å²) >= 11 is 4.61. The van der Waals surface area contributed by atoms with E-state index in [2.05, 4.69) is 32.8 Å². The first-order valence-electron chi connectivity index (χ1n) is 8.47. The number of hydrogen-bond donors (Lipinski definition) is 3. The highest BCUT2D eigenvalue weighted by Gasteiger charge is 2.13. The lowest BCUT2D eigenvalue weighted by atomic mass is 10.1. The van der Waals surface area contributed by atoms with Crippen LogP contribution in [0.15, 0.2) is 53.6 Å². The Morgan fingerprint density at radius 3 is 2.43 bits per heavy atom. The number of carbonyl (C=O) groups is 1. The van der Waals surface area contributed by atoms with E-state index in [0.29, 0.717) is 22.5 Å². The topological polar surface area (TPSA) is 127 Å². The van der Waals surface area contributed by atoms with Crippen molar-refractivity contribution in [3.63, 3.8) is 0 Å². The summed E-state index contributed by atoms with van der Waals surface area (Å²) in [5, 5.41) is 11.9. The molecule has 4 N–H and O–H groups in total. The van der Waals surface area contributed by atoms with Crippen molar-refractivity contribution < 1.29 is 17.6 Å². The number of halogens is 1. The van der Waals surface area contributed by atoms with Crippen molar-refractivity contribution in [3.05, 3.63) is 65.6 Å². The molecule has 0 saturated carbocycles. The molecule has 0 aliphatic carbocycles. The monoisotopic (exact) mass is 445 g/mol. The van der Waals surface area contributed by atoms with Crippen LogP contribution in [-0.4, -0.2) is 29.5 Å². The SMILES string of the molecule is Cc1ccc(Nc2ncc(F)c(Nc3ccc(C(=O)C=S)cc3)n2)cc1S(N)(=O)=O. The summed E-state index contributed by atoms with van der Waals surface area (Å²) in [6.07, 6.45) is 0.969. The van der Waals surface area contributed by atoms with Crippen LogP contribution in [0.4, 0.5) is 27.5 Å². The molecule has 1 heterocycles. The number of nitrogens with zero attached hydrogens (tertiary/aromatic N) is 2. The largest absolute Gasteiger partial charge is 0.338 e. The quantitative estimate of drug-likeness (QED) is 0.374. The van der Waals surface area contributed by atoms with Crippen molar-refractivity contribution in [1.29, 1.82) is 0 Å². The zero-order valence-corrected chi connectivity index (χ0v) is 17.2. The van der Waals surface area contributed by atoms with Crippen molar-refractivity contribution in [1.82, 2.24) is 9.97 Å². The molecule has 0 fully saturated rings. The van der Waals surface area contributed by atoms with E-state index in [4.69, 9.17) is 5.14 Å². The smallest absolute Gasteiger partial charge is 0.238 e. The van der Waals surface area contributed by atoms with E-state index >= 15 is 0 Å². The van der Waals surface area contributed by atoms with E-state index in [1.54, 1.807) is 43.3 Å². The van der Waals surface area contributed by atoms with E-state index < -0.39 is 15.8 Å². The highest BCUT2D eigenvalue weighted by molar-refractivity contribution is 7.89. The molecule has 1 aromatic heterocycles. The highest BCUT2D eigenvalue weighted by atomic mass is 32.2. The van der Waals surface area contributed by atoms with Gasteiger partial charge in [-0.3, -0.25) is 4.79 Å². The summed E-state index contributed by atoms with van der Waals surface area (Å²) in [7, 11) is -3.90. The number of anilines is 4. The van der Waals surface area contributed by atoms with E-state index in [1.165, 1.54) is 6.07 Å². The third kappa shape index (κ3) is 5.00. The number of benzene rings is 2. The molecule has 30 heavy (non-hydrogen) atoms. The first-order chi connectivity index (χ1) is 14.2. The van der Waals surface area contributed by atoms with Gasteiger partial charge in [-0.25, -0.2) is 22.9 Å². The summed E-state index contributed by atoms with van der Waals surface area (Å²) in [4.78, 5) is 19.4. The Balaban J connectivity index is 1.84. The Hall–Kier alpha value is -3.28. The molecule has 0 bridgehead atoms. The van der Waals surface area contributed by atoms with Gasteiger partial charge in [0.05, 0.1) is 11.1 Å². The number of primary sulfonamides is 1. The number of sulfonamides is 1. The van der Waals surface area contributed by atoms with Crippen LogP contribution < -0.4 is 15.8 Å². The van der Waals surface area contributed by atoms with Crippen LogP contribution in [-0.2, 0) is 10.0 Å². The summed E-state index contributed by atoms with van der Waals surface area (Å²) in [5.41, 5.74) is 1.75. The van der Waals surface area contributed by atoms with Crippen molar-refractivity contribution in [2.45, 2.75) is 11.8 Å². The average molecular weight is 446 g/mol. The first-order valence-corrected chi connectivity index (χ1v) is 10.5. The van der Waals surface area contributed by atoms with Gasteiger partial charge >= 0.3 is 0 Å². The lowest BCUT2D eigenvalue weighted by Crippen LogP contribution is -2.14. The molecule has 8 nitrogen and oxygen atoms in total. The third-order valence-electron chi connectivity index (χ3n) is 4.03. The van der Waals surface area contributed by atoms with Crippen LogP contribution in [0.2, 0.25) is 0 Å². The molecule has 0 amide bonds. The number of carbonyl (C=O) groups excluding carboxylic acids is 1. The normalized spacial score (nSPS) is 11.0. The Labute approximate surface area is 177 Å². The van der Waals surface area contributed by atoms with Gasteiger partial charge in [-0.05, 0) is 48.9 Å². The minimum Gasteiger partial charge on any atom is -0.338 e. The summed E-state index contributed by atoms with van der Waals surface area (Å²) < 4.78 is 37.5. The summed E-state index contributed by atoms with van der Waals surface area (Å²) in [5.74, 6) is -1.07. The third-order valence-corrected chi connectivity index (χ3v) is 5.30. The molecule has 0 saturated heterocycles. The number of hydrogen-bond acceptors (Lipinski definition) is 8. The molecule has 0 radical (unpaired) electrons. The van der Waals surface area contributed by atoms with Gasteiger partial charge in [-0.15, -0.1) is 0 Å². The van der Waals surface area contributed by atoms with E-state index in [9.17, 15) is 17.6 Å². The highest BCUT2D eigenvalue weighted by Crippen LogP contribution is 2.23. The van der Waals surface area contributed by atoms with Crippen LogP contribution in [0.5, 0.6) is 0 Å². The maximum Gasteiger partial charge on any atom is 0.238 e. The van der Waals surface area contributed by atoms with Crippen molar-refractivity contribution >= 4 is 56.5 Å². The van der Waals surface area contributed by atoms with Gasteiger partial charge in [0, 0.05) is 22.3 Å². The average Bonchev–Trinajstić information content (AvgIpc) is 2.71. The lowest BCUT2D eigenvalue weighted by Gasteiger charge is -2.11. The van der Waals surface area contributed by atoms with E-state index in [-0.39, 0.29) is 22.4 Å². The molecule has 0 aliphatic rings. The summed E-state index contributed by atoms with van der Waals surface area (Å²) in [6.45, 7) is 1.62. The van der Waals surface area contributed by atoms with Gasteiger partial charge in [0.1, 0.15) is 0 Å². The second kappa shape index (κ2) is 8.61. The Kier molecular flexibility index (Phi) is 6.15. The van der Waals surface area contributed by atoms with Gasteiger partial charge in [-0.1, -0.05) is 18.3 Å². The van der Waals surface area contributed by atoms with Gasteiger partial charge in [-0.2, -0.15) is 4.98 Å². The number of thiocarbonyl (C=S) groups is 1.